The standard InChI is InChI=1S/C15H16N6O5S/c1-9-12(7-11(20(23)24)8-13(9)21(25)26)14(22)18-3-5-19(6-4-18)15-17-16-10(2)27-15/h7-8H,3-6H2,1-2H3. The second-order valence-corrected chi connectivity index (χ2v) is 7.19. The van der Waals surface area contributed by atoms with E-state index in [0.717, 1.165) is 22.3 Å². The van der Waals surface area contributed by atoms with Crippen LogP contribution in [0.5, 0.6) is 0 Å². The number of rotatable bonds is 4. The molecular weight excluding hydrogens is 376 g/mol. The number of anilines is 1. The lowest BCUT2D eigenvalue weighted by atomic mass is 10.0. The van der Waals surface area contributed by atoms with Crippen molar-refractivity contribution < 1.29 is 14.6 Å². The minimum absolute atomic E-state index is 0.0175. The molecule has 1 aromatic heterocycles. The average Bonchev–Trinajstić information content (AvgIpc) is 3.07. The zero-order valence-corrected chi connectivity index (χ0v) is 15.4. The number of aryl methyl sites for hydroxylation is 1. The van der Waals surface area contributed by atoms with Crippen LogP contribution in [0.2, 0.25) is 0 Å². The molecule has 0 atom stereocenters. The van der Waals surface area contributed by atoms with E-state index in [9.17, 15) is 25.0 Å². The summed E-state index contributed by atoms with van der Waals surface area (Å²) in [6, 6.07) is 1.98. The highest BCUT2D eigenvalue weighted by molar-refractivity contribution is 7.15. The van der Waals surface area contributed by atoms with Crippen LogP contribution in [0.1, 0.15) is 20.9 Å². The topological polar surface area (TPSA) is 136 Å². The first-order valence-corrected chi connectivity index (χ1v) is 8.87. The van der Waals surface area contributed by atoms with Gasteiger partial charge in [-0.25, -0.2) is 0 Å². The average molecular weight is 392 g/mol. The third kappa shape index (κ3) is 3.69. The minimum Gasteiger partial charge on any atom is -0.343 e. The van der Waals surface area contributed by atoms with Crippen LogP contribution in [0, 0.1) is 34.1 Å². The summed E-state index contributed by atoms with van der Waals surface area (Å²) in [6.45, 7) is 5.13. The van der Waals surface area contributed by atoms with Gasteiger partial charge in [-0.1, -0.05) is 11.3 Å². The molecule has 0 aliphatic carbocycles. The third-order valence-corrected chi connectivity index (χ3v) is 5.26. The zero-order valence-electron chi connectivity index (χ0n) is 14.6. The number of piperazine rings is 1. The predicted octanol–water partition coefficient (Wildman–Crippen LogP) is 1.93. The van der Waals surface area contributed by atoms with Crippen LogP contribution in [-0.2, 0) is 0 Å². The summed E-state index contributed by atoms with van der Waals surface area (Å²) < 4.78 is 0. The molecule has 0 spiro atoms. The lowest BCUT2D eigenvalue weighted by Crippen LogP contribution is -2.49. The highest BCUT2D eigenvalue weighted by atomic mass is 32.1. The molecule has 1 saturated heterocycles. The first-order valence-electron chi connectivity index (χ1n) is 8.05. The number of hydrogen-bond donors (Lipinski definition) is 0. The van der Waals surface area contributed by atoms with Gasteiger partial charge in [-0.3, -0.25) is 25.0 Å². The van der Waals surface area contributed by atoms with Gasteiger partial charge in [0.15, 0.2) is 0 Å². The Labute approximate surface area is 157 Å². The van der Waals surface area contributed by atoms with Gasteiger partial charge >= 0.3 is 0 Å². The molecule has 11 nitrogen and oxygen atoms in total. The van der Waals surface area contributed by atoms with E-state index in [1.54, 1.807) is 4.90 Å². The number of amides is 1. The summed E-state index contributed by atoms with van der Waals surface area (Å²) in [5.74, 6) is -0.451. The molecule has 27 heavy (non-hydrogen) atoms. The van der Waals surface area contributed by atoms with E-state index in [4.69, 9.17) is 0 Å². The van der Waals surface area contributed by atoms with Crippen molar-refractivity contribution in [2.24, 2.45) is 0 Å². The number of nitro benzene ring substituents is 2. The van der Waals surface area contributed by atoms with Crippen molar-refractivity contribution in [3.05, 3.63) is 48.5 Å². The van der Waals surface area contributed by atoms with Crippen molar-refractivity contribution in [2.45, 2.75) is 13.8 Å². The van der Waals surface area contributed by atoms with E-state index in [1.165, 1.54) is 18.3 Å². The first-order chi connectivity index (χ1) is 12.8. The SMILES string of the molecule is Cc1nnc(N2CCN(C(=O)c3cc([N+](=O)[O-])cc([N+](=O)[O-])c3C)CC2)s1. The minimum atomic E-state index is -0.737. The Morgan fingerprint density at radius 3 is 2.26 bits per heavy atom. The van der Waals surface area contributed by atoms with E-state index in [2.05, 4.69) is 10.2 Å². The molecule has 0 bridgehead atoms. The molecule has 12 heteroatoms. The monoisotopic (exact) mass is 392 g/mol. The molecule has 142 valence electrons. The zero-order chi connectivity index (χ0) is 19.7. The number of carbonyl (C=O) groups is 1. The lowest BCUT2D eigenvalue weighted by Gasteiger charge is -2.34. The van der Waals surface area contributed by atoms with Gasteiger partial charge in [-0.2, -0.15) is 0 Å². The second kappa shape index (κ2) is 7.23. The van der Waals surface area contributed by atoms with Crippen molar-refractivity contribution in [1.82, 2.24) is 15.1 Å². The quantitative estimate of drug-likeness (QED) is 0.569. The fourth-order valence-electron chi connectivity index (χ4n) is 2.89. The molecule has 3 rings (SSSR count). The fourth-order valence-corrected chi connectivity index (χ4v) is 3.63. The molecule has 0 saturated carbocycles. The molecule has 1 aliphatic rings. The summed E-state index contributed by atoms with van der Waals surface area (Å²) in [5, 5.41) is 32.0. The van der Waals surface area contributed by atoms with E-state index in [1.807, 2.05) is 11.8 Å². The van der Waals surface area contributed by atoms with Crippen LogP contribution in [0.25, 0.3) is 0 Å². The maximum absolute atomic E-state index is 12.9. The second-order valence-electron chi connectivity index (χ2n) is 6.03. The van der Waals surface area contributed by atoms with E-state index in [-0.39, 0.29) is 11.1 Å². The van der Waals surface area contributed by atoms with Gasteiger partial charge in [0.1, 0.15) is 5.01 Å². The van der Waals surface area contributed by atoms with Crippen molar-refractivity contribution in [3.63, 3.8) is 0 Å². The number of nitro groups is 2. The van der Waals surface area contributed by atoms with Gasteiger partial charge in [-0.05, 0) is 13.8 Å². The molecule has 2 heterocycles. The molecule has 0 radical (unpaired) electrons. The molecule has 1 amide bonds. The Kier molecular flexibility index (Phi) is 4.99. The number of benzene rings is 1. The summed E-state index contributed by atoms with van der Waals surface area (Å²) in [7, 11) is 0. The van der Waals surface area contributed by atoms with Crippen molar-refractivity contribution in [2.75, 3.05) is 31.1 Å². The Morgan fingerprint density at radius 2 is 1.74 bits per heavy atom. The van der Waals surface area contributed by atoms with Crippen LogP contribution in [0.4, 0.5) is 16.5 Å². The van der Waals surface area contributed by atoms with Crippen LogP contribution >= 0.6 is 11.3 Å². The van der Waals surface area contributed by atoms with Gasteiger partial charge < -0.3 is 9.80 Å². The van der Waals surface area contributed by atoms with Gasteiger partial charge in [0, 0.05) is 37.8 Å². The summed E-state index contributed by atoms with van der Waals surface area (Å²) in [5.41, 5.74) is -0.803. The Morgan fingerprint density at radius 1 is 1.07 bits per heavy atom. The van der Waals surface area contributed by atoms with E-state index in [0.29, 0.717) is 26.2 Å². The predicted molar refractivity (Wildman–Crippen MR) is 97.3 cm³/mol. The fraction of sp³-hybridized carbons (Fsp3) is 0.400. The summed E-state index contributed by atoms with van der Waals surface area (Å²) in [4.78, 5) is 37.2. The van der Waals surface area contributed by atoms with E-state index >= 15 is 0 Å². The van der Waals surface area contributed by atoms with Crippen molar-refractivity contribution in [3.8, 4) is 0 Å². The van der Waals surface area contributed by atoms with Crippen LogP contribution < -0.4 is 4.90 Å². The number of nitrogens with zero attached hydrogens (tertiary/aromatic N) is 6. The van der Waals surface area contributed by atoms with Gasteiger partial charge in [0.05, 0.1) is 21.5 Å². The molecule has 1 aromatic carbocycles. The first kappa shape index (κ1) is 18.6. The molecule has 0 N–H and O–H groups in total. The van der Waals surface area contributed by atoms with Gasteiger partial charge in [0.2, 0.25) is 5.13 Å². The molecular formula is C15H16N6O5S. The molecule has 1 aliphatic heterocycles. The number of non-ortho nitro benzene ring substituents is 1. The van der Waals surface area contributed by atoms with E-state index < -0.39 is 27.1 Å². The number of hydrogen-bond acceptors (Lipinski definition) is 9. The Bertz CT molecular complexity index is 921. The van der Waals surface area contributed by atoms with Crippen LogP contribution in [0.15, 0.2) is 12.1 Å². The maximum Gasteiger partial charge on any atom is 0.279 e. The van der Waals surface area contributed by atoms with Gasteiger partial charge in [-0.15, -0.1) is 10.2 Å². The highest BCUT2D eigenvalue weighted by Gasteiger charge is 2.29. The molecule has 1 fully saturated rings. The van der Waals surface area contributed by atoms with Crippen molar-refractivity contribution >= 4 is 33.8 Å². The number of aromatic nitrogens is 2. The Balaban J connectivity index is 1.82. The molecule has 0 unspecified atom stereocenters. The summed E-state index contributed by atoms with van der Waals surface area (Å²) in [6.07, 6.45) is 0. The highest BCUT2D eigenvalue weighted by Crippen LogP contribution is 2.29. The smallest absolute Gasteiger partial charge is 0.279 e. The maximum atomic E-state index is 12.9. The van der Waals surface area contributed by atoms with Gasteiger partial charge in [0.25, 0.3) is 17.3 Å². The van der Waals surface area contributed by atoms with Crippen LogP contribution in [-0.4, -0.2) is 57.0 Å². The Hall–Kier alpha value is -3.15. The molecule has 2 aromatic rings. The van der Waals surface area contributed by atoms with Crippen molar-refractivity contribution in [1.29, 1.82) is 0 Å². The normalized spacial score (nSPS) is 14.3. The largest absolute Gasteiger partial charge is 0.343 e. The van der Waals surface area contributed by atoms with Crippen LogP contribution in [0.3, 0.4) is 0 Å². The lowest BCUT2D eigenvalue weighted by molar-refractivity contribution is -0.394. The summed E-state index contributed by atoms with van der Waals surface area (Å²) >= 11 is 1.46. The number of carbonyl (C=O) groups excluding carboxylic acids is 1. The third-order valence-electron chi connectivity index (χ3n) is 4.36.